The maximum atomic E-state index is 12.8. The van der Waals surface area contributed by atoms with Gasteiger partial charge in [0.25, 0.3) is 0 Å². The van der Waals surface area contributed by atoms with Gasteiger partial charge < -0.3 is 19.7 Å². The first-order valence-corrected chi connectivity index (χ1v) is 11.7. The zero-order valence-electron chi connectivity index (χ0n) is 20.8. The summed E-state index contributed by atoms with van der Waals surface area (Å²) in [5, 5.41) is 6.28. The van der Waals surface area contributed by atoms with Gasteiger partial charge in [-0.2, -0.15) is 0 Å². The van der Waals surface area contributed by atoms with Crippen molar-refractivity contribution in [1.29, 1.82) is 0 Å². The van der Waals surface area contributed by atoms with Crippen molar-refractivity contribution in [3.63, 3.8) is 0 Å². The predicted molar refractivity (Wildman–Crippen MR) is 129 cm³/mol. The van der Waals surface area contributed by atoms with Gasteiger partial charge in [-0.15, -0.1) is 0 Å². The monoisotopic (exact) mass is 447 g/mol. The molecule has 0 radical (unpaired) electrons. The fraction of sp³-hybridized carbons (Fsp3) is 0.680. The highest BCUT2D eigenvalue weighted by Gasteiger charge is 2.30. The molecule has 1 aromatic rings. The number of nitrogens with one attached hydrogen (secondary N) is 2. The lowest BCUT2D eigenvalue weighted by Gasteiger charge is -2.34. The van der Waals surface area contributed by atoms with Gasteiger partial charge >= 0.3 is 12.2 Å². The molecule has 1 fully saturated rings. The molecule has 32 heavy (non-hydrogen) atoms. The summed E-state index contributed by atoms with van der Waals surface area (Å²) in [6.45, 7) is 14.1. The third-order valence-electron chi connectivity index (χ3n) is 5.05. The molecule has 0 saturated carbocycles. The van der Waals surface area contributed by atoms with Gasteiger partial charge in [0.15, 0.2) is 0 Å². The van der Waals surface area contributed by atoms with Crippen molar-refractivity contribution < 1.29 is 19.1 Å². The second kappa shape index (κ2) is 10.9. The van der Waals surface area contributed by atoms with Crippen molar-refractivity contribution in [2.75, 3.05) is 17.2 Å². The Morgan fingerprint density at radius 2 is 1.69 bits per heavy atom. The molecule has 7 heteroatoms. The van der Waals surface area contributed by atoms with E-state index in [0.29, 0.717) is 5.69 Å². The van der Waals surface area contributed by atoms with Crippen molar-refractivity contribution in [2.24, 2.45) is 0 Å². The largest absolute Gasteiger partial charge is 0.444 e. The second-order valence-electron chi connectivity index (χ2n) is 10.7. The van der Waals surface area contributed by atoms with Gasteiger partial charge in [-0.1, -0.05) is 18.9 Å². The van der Waals surface area contributed by atoms with E-state index < -0.39 is 17.3 Å². The number of hydrogen-bond acceptors (Lipinski definition) is 5. The molecule has 2 amide bonds. The van der Waals surface area contributed by atoms with Crippen molar-refractivity contribution in [3.8, 4) is 0 Å². The van der Waals surface area contributed by atoms with Crippen LogP contribution < -0.4 is 10.6 Å². The molecule has 7 nitrogen and oxygen atoms in total. The maximum Gasteiger partial charge on any atom is 0.412 e. The molecule has 1 aromatic carbocycles. The minimum atomic E-state index is -0.548. The molecule has 0 bridgehead atoms. The Morgan fingerprint density at radius 1 is 1.03 bits per heavy atom. The lowest BCUT2D eigenvalue weighted by molar-refractivity contribution is 0.0155. The molecular formula is C25H41N3O4. The van der Waals surface area contributed by atoms with E-state index in [1.54, 1.807) is 0 Å². The van der Waals surface area contributed by atoms with Crippen molar-refractivity contribution in [1.82, 2.24) is 4.90 Å². The summed E-state index contributed by atoms with van der Waals surface area (Å²) in [6.07, 6.45) is 4.36. The van der Waals surface area contributed by atoms with Crippen molar-refractivity contribution in [2.45, 2.75) is 104 Å². The number of benzene rings is 1. The molecule has 1 aliphatic heterocycles. The number of hydrogen-bond donors (Lipinski definition) is 2. The number of amides is 2. The molecule has 1 saturated heterocycles. The highest BCUT2D eigenvalue weighted by Crippen LogP contribution is 2.25. The summed E-state index contributed by atoms with van der Waals surface area (Å²) in [6, 6.07) is 7.85. The van der Waals surface area contributed by atoms with Crippen LogP contribution in [0.4, 0.5) is 21.0 Å². The molecule has 1 heterocycles. The fourth-order valence-electron chi connectivity index (χ4n) is 3.84. The van der Waals surface area contributed by atoms with Crippen LogP contribution in [-0.4, -0.2) is 46.9 Å². The van der Waals surface area contributed by atoms with E-state index >= 15 is 0 Å². The van der Waals surface area contributed by atoms with Gasteiger partial charge in [-0.05, 0) is 85.9 Å². The van der Waals surface area contributed by atoms with Crippen LogP contribution in [0.2, 0.25) is 0 Å². The molecule has 180 valence electrons. The first kappa shape index (κ1) is 25.8. The Labute approximate surface area is 193 Å². The molecular weight excluding hydrogens is 406 g/mol. The standard InChI is InChI=1S/C25H41N3O4/c1-18(16-21-14-9-8-10-15-28(21)23(30)32-25(5,6)7)26-19-12-11-13-20(17-19)27-22(29)31-24(2,3)4/h11-13,17-18,21,26H,8-10,14-16H2,1-7H3,(H,27,29). The normalized spacial score (nSPS) is 18.3. The van der Waals surface area contributed by atoms with E-state index in [1.165, 1.54) is 0 Å². The smallest absolute Gasteiger partial charge is 0.412 e. The van der Waals surface area contributed by atoms with Crippen LogP contribution in [0.25, 0.3) is 0 Å². The van der Waals surface area contributed by atoms with Gasteiger partial charge in [0, 0.05) is 30.0 Å². The van der Waals surface area contributed by atoms with Crippen LogP contribution in [0.15, 0.2) is 24.3 Å². The van der Waals surface area contributed by atoms with E-state index in [4.69, 9.17) is 9.47 Å². The number of anilines is 2. The van der Waals surface area contributed by atoms with E-state index in [-0.39, 0.29) is 18.2 Å². The van der Waals surface area contributed by atoms with E-state index in [9.17, 15) is 9.59 Å². The number of rotatable bonds is 5. The number of ether oxygens (including phenoxy) is 2. The first-order chi connectivity index (χ1) is 14.8. The molecule has 1 aliphatic rings. The van der Waals surface area contributed by atoms with Crippen LogP contribution in [0.3, 0.4) is 0 Å². The zero-order chi connectivity index (χ0) is 23.9. The summed E-state index contributed by atoms with van der Waals surface area (Å²) >= 11 is 0. The highest BCUT2D eigenvalue weighted by atomic mass is 16.6. The molecule has 0 aliphatic carbocycles. The van der Waals surface area contributed by atoms with Gasteiger partial charge in [-0.3, -0.25) is 5.32 Å². The minimum absolute atomic E-state index is 0.137. The molecule has 2 rings (SSSR count). The first-order valence-electron chi connectivity index (χ1n) is 11.7. The SMILES string of the molecule is CC(CC1CCCCCN1C(=O)OC(C)(C)C)Nc1cccc(NC(=O)OC(C)(C)C)c1. The summed E-state index contributed by atoms with van der Waals surface area (Å²) < 4.78 is 11.0. The van der Waals surface area contributed by atoms with Crippen LogP contribution in [0.5, 0.6) is 0 Å². The quantitative estimate of drug-likeness (QED) is 0.546. The van der Waals surface area contributed by atoms with E-state index in [0.717, 1.165) is 44.3 Å². The van der Waals surface area contributed by atoms with Crippen LogP contribution in [0, 0.1) is 0 Å². The second-order valence-corrected chi connectivity index (χ2v) is 10.7. The Kier molecular flexibility index (Phi) is 8.81. The van der Waals surface area contributed by atoms with Crippen molar-refractivity contribution in [3.05, 3.63) is 24.3 Å². The lowest BCUT2D eigenvalue weighted by atomic mass is 10.0. The maximum absolute atomic E-state index is 12.8. The Bertz CT molecular complexity index is 767. The Hall–Kier alpha value is -2.44. The molecule has 0 spiro atoms. The van der Waals surface area contributed by atoms with Crippen LogP contribution in [0.1, 0.15) is 80.6 Å². The highest BCUT2D eigenvalue weighted by molar-refractivity contribution is 5.85. The third kappa shape index (κ3) is 9.37. The Morgan fingerprint density at radius 3 is 2.34 bits per heavy atom. The summed E-state index contributed by atoms with van der Waals surface area (Å²) in [5.74, 6) is 0. The number of carbonyl (C=O) groups is 2. The van der Waals surface area contributed by atoms with E-state index in [1.807, 2.05) is 70.7 Å². The predicted octanol–water partition coefficient (Wildman–Crippen LogP) is 6.40. The Balaban J connectivity index is 1.99. The minimum Gasteiger partial charge on any atom is -0.444 e. The zero-order valence-corrected chi connectivity index (χ0v) is 20.8. The van der Waals surface area contributed by atoms with Crippen LogP contribution in [-0.2, 0) is 9.47 Å². The fourth-order valence-corrected chi connectivity index (χ4v) is 3.84. The molecule has 2 atom stereocenters. The third-order valence-corrected chi connectivity index (χ3v) is 5.05. The van der Waals surface area contributed by atoms with Crippen molar-refractivity contribution >= 4 is 23.6 Å². The number of likely N-dealkylation sites (tertiary alicyclic amines) is 1. The van der Waals surface area contributed by atoms with Gasteiger partial charge in [0.05, 0.1) is 0 Å². The molecule has 2 N–H and O–H groups in total. The lowest BCUT2D eigenvalue weighted by Crippen LogP contribution is -2.44. The average Bonchev–Trinajstić information content (AvgIpc) is 2.84. The topological polar surface area (TPSA) is 79.9 Å². The average molecular weight is 448 g/mol. The summed E-state index contributed by atoms with van der Waals surface area (Å²) in [7, 11) is 0. The summed E-state index contributed by atoms with van der Waals surface area (Å²) in [4.78, 5) is 26.8. The number of nitrogens with zero attached hydrogens (tertiary/aromatic N) is 1. The van der Waals surface area contributed by atoms with Crippen LogP contribution >= 0.6 is 0 Å². The molecule has 2 unspecified atom stereocenters. The number of carbonyl (C=O) groups excluding carboxylic acids is 2. The van der Waals surface area contributed by atoms with Gasteiger partial charge in [0.1, 0.15) is 11.2 Å². The van der Waals surface area contributed by atoms with Gasteiger partial charge in [0.2, 0.25) is 0 Å². The van der Waals surface area contributed by atoms with E-state index in [2.05, 4.69) is 17.6 Å². The summed E-state index contributed by atoms with van der Waals surface area (Å²) in [5.41, 5.74) is 0.525. The molecule has 0 aromatic heterocycles. The van der Waals surface area contributed by atoms with Gasteiger partial charge in [-0.25, -0.2) is 9.59 Å².